The SMILES string of the molecule is COc1csc(C(N)c2ccc3c(c2)NC(=O)CO3)c1. The molecule has 5 nitrogen and oxygen atoms in total. The molecule has 0 saturated carbocycles. The fourth-order valence-electron chi connectivity index (χ4n) is 2.06. The number of thiophene rings is 1. The zero-order valence-electron chi connectivity index (χ0n) is 10.9. The Bertz CT molecular complexity index is 654. The minimum absolute atomic E-state index is 0.0561. The largest absolute Gasteiger partial charge is 0.496 e. The fourth-order valence-corrected chi connectivity index (χ4v) is 2.95. The predicted molar refractivity (Wildman–Crippen MR) is 77.5 cm³/mol. The van der Waals surface area contributed by atoms with Gasteiger partial charge in [0.15, 0.2) is 6.61 Å². The van der Waals surface area contributed by atoms with E-state index in [-0.39, 0.29) is 18.6 Å². The number of hydrogen-bond donors (Lipinski definition) is 2. The molecule has 2 heterocycles. The van der Waals surface area contributed by atoms with Crippen molar-refractivity contribution in [2.45, 2.75) is 6.04 Å². The lowest BCUT2D eigenvalue weighted by Crippen LogP contribution is -2.25. The summed E-state index contributed by atoms with van der Waals surface area (Å²) in [6.07, 6.45) is 0. The fraction of sp³-hybridized carbons (Fsp3) is 0.214. The van der Waals surface area contributed by atoms with E-state index in [1.165, 1.54) is 0 Å². The second-order valence-corrected chi connectivity index (χ2v) is 5.40. The van der Waals surface area contributed by atoms with E-state index >= 15 is 0 Å². The molecule has 2 aromatic rings. The summed E-state index contributed by atoms with van der Waals surface area (Å²) < 4.78 is 10.5. The van der Waals surface area contributed by atoms with Gasteiger partial charge in [-0.15, -0.1) is 11.3 Å². The molecule has 0 fully saturated rings. The second-order valence-electron chi connectivity index (χ2n) is 4.46. The highest BCUT2D eigenvalue weighted by Gasteiger charge is 2.19. The number of fused-ring (bicyclic) bond motifs is 1. The van der Waals surface area contributed by atoms with Gasteiger partial charge in [-0.3, -0.25) is 4.79 Å². The molecule has 1 unspecified atom stereocenters. The van der Waals surface area contributed by atoms with Crippen LogP contribution < -0.4 is 20.5 Å². The molecule has 1 atom stereocenters. The van der Waals surface area contributed by atoms with Gasteiger partial charge in [0.1, 0.15) is 11.5 Å². The molecule has 1 aromatic heterocycles. The van der Waals surface area contributed by atoms with Crippen molar-refractivity contribution in [3.8, 4) is 11.5 Å². The van der Waals surface area contributed by atoms with E-state index < -0.39 is 0 Å². The van der Waals surface area contributed by atoms with Crippen LogP contribution in [0.1, 0.15) is 16.5 Å². The molecule has 0 spiro atoms. The first-order valence-corrected chi connectivity index (χ1v) is 7.00. The van der Waals surface area contributed by atoms with Gasteiger partial charge in [0.2, 0.25) is 0 Å². The number of amides is 1. The number of carbonyl (C=O) groups is 1. The maximum Gasteiger partial charge on any atom is 0.262 e. The summed E-state index contributed by atoms with van der Waals surface area (Å²) in [6, 6.07) is 7.25. The van der Waals surface area contributed by atoms with E-state index in [1.54, 1.807) is 18.4 Å². The van der Waals surface area contributed by atoms with Crippen LogP contribution in [0.4, 0.5) is 5.69 Å². The smallest absolute Gasteiger partial charge is 0.262 e. The Labute approximate surface area is 120 Å². The number of nitrogens with one attached hydrogen (secondary N) is 1. The highest BCUT2D eigenvalue weighted by Crippen LogP contribution is 2.34. The molecule has 1 aromatic carbocycles. The van der Waals surface area contributed by atoms with Gasteiger partial charge in [-0.25, -0.2) is 0 Å². The molecule has 3 rings (SSSR count). The molecule has 6 heteroatoms. The van der Waals surface area contributed by atoms with Gasteiger partial charge < -0.3 is 20.5 Å². The molecule has 0 radical (unpaired) electrons. The number of benzene rings is 1. The van der Waals surface area contributed by atoms with Gasteiger partial charge in [-0.05, 0) is 23.8 Å². The lowest BCUT2D eigenvalue weighted by Gasteiger charge is -2.20. The molecule has 1 aliphatic heterocycles. The zero-order valence-corrected chi connectivity index (χ0v) is 11.7. The van der Waals surface area contributed by atoms with E-state index in [2.05, 4.69) is 5.32 Å². The third-order valence-corrected chi connectivity index (χ3v) is 4.13. The van der Waals surface area contributed by atoms with Crippen LogP contribution in [-0.2, 0) is 4.79 Å². The van der Waals surface area contributed by atoms with Gasteiger partial charge in [0.05, 0.1) is 18.8 Å². The third kappa shape index (κ3) is 2.35. The van der Waals surface area contributed by atoms with Gasteiger partial charge >= 0.3 is 0 Å². The maximum atomic E-state index is 11.3. The van der Waals surface area contributed by atoms with Crippen LogP contribution in [0.2, 0.25) is 0 Å². The molecule has 0 bridgehead atoms. The van der Waals surface area contributed by atoms with Crippen molar-refractivity contribution in [3.05, 3.63) is 40.1 Å². The van der Waals surface area contributed by atoms with Gasteiger partial charge in [-0.1, -0.05) is 6.07 Å². The molecule has 0 aliphatic carbocycles. The Kier molecular flexibility index (Phi) is 3.33. The Morgan fingerprint density at radius 1 is 1.45 bits per heavy atom. The van der Waals surface area contributed by atoms with Crippen molar-refractivity contribution in [1.29, 1.82) is 0 Å². The number of carbonyl (C=O) groups excluding carboxylic acids is 1. The molecule has 1 aliphatic rings. The van der Waals surface area contributed by atoms with Crippen molar-refractivity contribution in [2.24, 2.45) is 5.73 Å². The number of nitrogens with two attached hydrogens (primary N) is 1. The first-order valence-electron chi connectivity index (χ1n) is 6.12. The number of methoxy groups -OCH3 is 1. The average Bonchev–Trinajstić information content (AvgIpc) is 2.94. The number of hydrogen-bond acceptors (Lipinski definition) is 5. The summed E-state index contributed by atoms with van der Waals surface area (Å²) in [7, 11) is 1.63. The number of anilines is 1. The summed E-state index contributed by atoms with van der Waals surface area (Å²) in [5, 5.41) is 4.70. The summed E-state index contributed by atoms with van der Waals surface area (Å²) in [5.41, 5.74) is 7.83. The highest BCUT2D eigenvalue weighted by atomic mass is 32.1. The van der Waals surface area contributed by atoms with Crippen molar-refractivity contribution >= 4 is 22.9 Å². The Hall–Kier alpha value is -2.05. The molecule has 104 valence electrons. The van der Waals surface area contributed by atoms with Crippen LogP contribution in [0.25, 0.3) is 0 Å². The predicted octanol–water partition coefficient (Wildman–Crippen LogP) is 2.14. The first-order chi connectivity index (χ1) is 9.67. The van der Waals surface area contributed by atoms with E-state index in [4.69, 9.17) is 15.2 Å². The van der Waals surface area contributed by atoms with E-state index in [0.29, 0.717) is 11.4 Å². The summed E-state index contributed by atoms with van der Waals surface area (Å²) >= 11 is 1.55. The monoisotopic (exact) mass is 290 g/mol. The van der Waals surface area contributed by atoms with Gasteiger partial charge in [-0.2, -0.15) is 0 Å². The van der Waals surface area contributed by atoms with Crippen LogP contribution in [0.5, 0.6) is 11.5 Å². The Morgan fingerprint density at radius 2 is 2.30 bits per heavy atom. The normalized spacial score (nSPS) is 15.0. The Balaban J connectivity index is 1.90. The molecule has 1 amide bonds. The lowest BCUT2D eigenvalue weighted by atomic mass is 10.0. The summed E-state index contributed by atoms with van der Waals surface area (Å²) in [5.74, 6) is 1.32. The maximum absolute atomic E-state index is 11.3. The van der Waals surface area contributed by atoms with E-state index in [9.17, 15) is 4.79 Å². The van der Waals surface area contributed by atoms with E-state index in [0.717, 1.165) is 16.2 Å². The van der Waals surface area contributed by atoms with Crippen molar-refractivity contribution in [3.63, 3.8) is 0 Å². The first kappa shape index (κ1) is 13.0. The van der Waals surface area contributed by atoms with Crippen LogP contribution in [0, 0.1) is 0 Å². The van der Waals surface area contributed by atoms with Crippen molar-refractivity contribution in [1.82, 2.24) is 0 Å². The quantitative estimate of drug-likeness (QED) is 0.908. The van der Waals surface area contributed by atoms with E-state index in [1.807, 2.05) is 29.6 Å². The number of ether oxygens (including phenoxy) is 2. The minimum Gasteiger partial charge on any atom is -0.496 e. The third-order valence-electron chi connectivity index (χ3n) is 3.13. The topological polar surface area (TPSA) is 73.6 Å². The Morgan fingerprint density at radius 3 is 3.05 bits per heavy atom. The molecular formula is C14H14N2O3S. The van der Waals surface area contributed by atoms with Crippen LogP contribution in [0.3, 0.4) is 0 Å². The van der Waals surface area contributed by atoms with Gasteiger partial charge in [0.25, 0.3) is 5.91 Å². The minimum atomic E-state index is -0.256. The standard InChI is InChI=1S/C14H14N2O3S/c1-18-9-5-12(20-7-9)14(15)8-2-3-11-10(4-8)16-13(17)6-19-11/h2-5,7,14H,6,15H2,1H3,(H,16,17). The van der Waals surface area contributed by atoms with Crippen LogP contribution in [0.15, 0.2) is 29.6 Å². The molecule has 20 heavy (non-hydrogen) atoms. The average molecular weight is 290 g/mol. The zero-order chi connectivity index (χ0) is 14.1. The van der Waals surface area contributed by atoms with Crippen molar-refractivity contribution < 1.29 is 14.3 Å². The molecule has 3 N–H and O–H groups in total. The summed E-state index contributed by atoms with van der Waals surface area (Å²) in [4.78, 5) is 12.3. The molecule has 0 saturated heterocycles. The lowest BCUT2D eigenvalue weighted by molar-refractivity contribution is -0.118. The summed E-state index contributed by atoms with van der Waals surface area (Å²) in [6.45, 7) is 0.0561. The van der Waals surface area contributed by atoms with Crippen LogP contribution >= 0.6 is 11.3 Å². The number of rotatable bonds is 3. The second kappa shape index (κ2) is 5.15. The van der Waals surface area contributed by atoms with Crippen molar-refractivity contribution in [2.75, 3.05) is 19.0 Å². The molecular weight excluding hydrogens is 276 g/mol. The highest BCUT2D eigenvalue weighted by molar-refractivity contribution is 7.10. The van der Waals surface area contributed by atoms with Crippen LogP contribution in [-0.4, -0.2) is 19.6 Å². The van der Waals surface area contributed by atoms with Gasteiger partial charge in [0, 0.05) is 10.3 Å².